The number of hydrogen-bond donors (Lipinski definition) is 1. The molecule has 1 nitrogen and oxygen atoms in total. The maximum atomic E-state index is 7.13. The molecule has 134 valence electrons. The first kappa shape index (κ1) is 17.7. The zero-order chi connectivity index (χ0) is 18.5. The van der Waals surface area contributed by atoms with Crippen molar-refractivity contribution in [2.75, 3.05) is 0 Å². The molecule has 4 aromatic carbocycles. The summed E-state index contributed by atoms with van der Waals surface area (Å²) in [7, 11) is -2.49. The molecule has 4 rings (SSSR count). The van der Waals surface area contributed by atoms with Crippen molar-refractivity contribution in [3.8, 4) is 0 Å². The Bertz CT molecular complexity index is 873. The summed E-state index contributed by atoms with van der Waals surface area (Å²) in [6.45, 7) is 0. The molecule has 0 bridgehead atoms. The summed E-state index contributed by atoms with van der Waals surface area (Å²) in [6.07, 6.45) is 0. The number of hydrogen-bond acceptors (Lipinski definition) is 1. The van der Waals surface area contributed by atoms with Gasteiger partial charge in [-0.15, -0.1) is 0 Å². The van der Waals surface area contributed by atoms with Crippen LogP contribution in [0.1, 0.15) is 11.3 Å². The van der Waals surface area contributed by atoms with E-state index >= 15 is 0 Å². The second-order valence-corrected chi connectivity index (χ2v) is 10.8. The van der Waals surface area contributed by atoms with Gasteiger partial charge in [-0.2, -0.15) is 0 Å². The molecule has 0 heterocycles. The minimum absolute atomic E-state index is 0.0918. The molecular formula is C25H24NP. The topological polar surface area (TPSA) is 26.0 Å². The van der Waals surface area contributed by atoms with Gasteiger partial charge in [0.25, 0.3) is 0 Å². The van der Waals surface area contributed by atoms with Gasteiger partial charge >= 0.3 is 162 Å². The Morgan fingerprint density at radius 3 is 1.07 bits per heavy atom. The van der Waals surface area contributed by atoms with Crippen LogP contribution in [0.4, 0.5) is 0 Å². The number of rotatable bonds is 5. The monoisotopic (exact) mass is 369 g/mol. The van der Waals surface area contributed by atoms with E-state index in [4.69, 9.17) is 5.73 Å². The van der Waals surface area contributed by atoms with Crippen LogP contribution in [-0.4, -0.2) is 0 Å². The Hall–Kier alpha value is -2.73. The average Bonchev–Trinajstić information content (AvgIpc) is 2.77. The van der Waals surface area contributed by atoms with Gasteiger partial charge in [-0.1, -0.05) is 0 Å². The Kier molecular flexibility index (Phi) is 5.16. The van der Waals surface area contributed by atoms with Gasteiger partial charge in [-0.05, 0) is 0 Å². The van der Waals surface area contributed by atoms with E-state index in [1.165, 1.54) is 21.5 Å². The van der Waals surface area contributed by atoms with Crippen LogP contribution in [0.3, 0.4) is 0 Å². The second kappa shape index (κ2) is 7.88. The van der Waals surface area contributed by atoms with Gasteiger partial charge in [-0.3, -0.25) is 0 Å². The van der Waals surface area contributed by atoms with Crippen LogP contribution in [0.2, 0.25) is 0 Å². The zero-order valence-corrected chi connectivity index (χ0v) is 16.2. The van der Waals surface area contributed by atoms with Crippen molar-refractivity contribution in [1.82, 2.24) is 0 Å². The second-order valence-electron chi connectivity index (χ2n) is 6.79. The Labute approximate surface area is 161 Å². The first-order valence-electron chi connectivity index (χ1n) is 9.30. The molecule has 0 aliphatic rings. The molecule has 4 aromatic rings. The van der Waals surface area contributed by atoms with Gasteiger partial charge in [0.1, 0.15) is 0 Å². The Morgan fingerprint density at radius 2 is 0.741 bits per heavy atom. The van der Waals surface area contributed by atoms with Gasteiger partial charge in [0.2, 0.25) is 0 Å². The molecule has 27 heavy (non-hydrogen) atoms. The van der Waals surface area contributed by atoms with Gasteiger partial charge in [0.15, 0.2) is 0 Å². The van der Waals surface area contributed by atoms with Crippen LogP contribution in [0.25, 0.3) is 0 Å². The number of benzene rings is 4. The van der Waals surface area contributed by atoms with E-state index in [-0.39, 0.29) is 5.78 Å². The molecule has 0 aliphatic heterocycles. The van der Waals surface area contributed by atoms with E-state index in [1.807, 2.05) is 6.07 Å². The van der Waals surface area contributed by atoms with Crippen molar-refractivity contribution < 1.29 is 0 Å². The summed E-state index contributed by atoms with van der Waals surface area (Å²) in [4.78, 5) is 0. The molecule has 0 saturated heterocycles. The van der Waals surface area contributed by atoms with Crippen molar-refractivity contribution in [2.24, 2.45) is 5.73 Å². The van der Waals surface area contributed by atoms with E-state index in [1.54, 1.807) is 0 Å². The van der Waals surface area contributed by atoms with E-state index in [9.17, 15) is 0 Å². The zero-order valence-electron chi connectivity index (χ0n) is 15.2. The molecule has 0 radical (unpaired) electrons. The van der Waals surface area contributed by atoms with Gasteiger partial charge in [0.05, 0.1) is 0 Å². The average molecular weight is 369 g/mol. The summed E-state index contributed by atoms with van der Waals surface area (Å²) in [6, 6.07) is 43.0. The molecule has 2 heteroatoms. The SMILES string of the molecule is NC(c1ccccc1)[PH](c1ccccc1)(c1ccccc1)c1ccccc1. The van der Waals surface area contributed by atoms with Crippen molar-refractivity contribution in [3.05, 3.63) is 127 Å². The summed E-state index contributed by atoms with van der Waals surface area (Å²) >= 11 is 0. The molecule has 0 amide bonds. The van der Waals surface area contributed by atoms with Crippen LogP contribution in [-0.2, 0) is 0 Å². The summed E-state index contributed by atoms with van der Waals surface area (Å²) < 4.78 is 0. The fourth-order valence-electron chi connectivity index (χ4n) is 4.05. The standard InChI is InChI=1S/C25H24NP/c26-25(21-13-5-1-6-14-21)27(22-15-7-2-8-16-22,23-17-9-3-10-18-23)24-19-11-4-12-20-24/h1-20,25,27H,26H2. The summed E-state index contributed by atoms with van der Waals surface area (Å²) in [5.74, 6) is -0.0918. The van der Waals surface area contributed by atoms with Crippen LogP contribution >= 0.6 is 7.26 Å². The van der Waals surface area contributed by atoms with Gasteiger partial charge < -0.3 is 0 Å². The molecular weight excluding hydrogens is 345 g/mol. The molecule has 0 aromatic heterocycles. The molecule has 1 atom stereocenters. The third kappa shape index (κ3) is 3.21. The first-order chi connectivity index (χ1) is 13.3. The number of nitrogens with two attached hydrogens (primary N) is 1. The van der Waals surface area contributed by atoms with E-state index < -0.39 is 7.26 Å². The van der Waals surface area contributed by atoms with Crippen molar-refractivity contribution >= 4 is 23.2 Å². The molecule has 2 N–H and O–H groups in total. The van der Waals surface area contributed by atoms with Crippen LogP contribution in [0.15, 0.2) is 121 Å². The quantitative estimate of drug-likeness (QED) is 0.520. The molecule has 0 aliphatic carbocycles. The van der Waals surface area contributed by atoms with Gasteiger partial charge in [0, 0.05) is 0 Å². The molecule has 0 saturated carbocycles. The molecule has 1 unspecified atom stereocenters. The van der Waals surface area contributed by atoms with Gasteiger partial charge in [-0.25, -0.2) is 0 Å². The predicted octanol–water partition coefficient (Wildman–Crippen LogP) is 4.37. The Morgan fingerprint density at radius 1 is 0.444 bits per heavy atom. The van der Waals surface area contributed by atoms with Crippen molar-refractivity contribution in [1.29, 1.82) is 0 Å². The summed E-state index contributed by atoms with van der Waals surface area (Å²) in [5.41, 5.74) is 8.31. The normalized spacial score (nSPS) is 13.1. The van der Waals surface area contributed by atoms with E-state index in [2.05, 4.69) is 115 Å². The van der Waals surface area contributed by atoms with Crippen LogP contribution in [0, 0.1) is 0 Å². The molecule has 0 spiro atoms. The van der Waals surface area contributed by atoms with E-state index in [0.29, 0.717) is 0 Å². The third-order valence-corrected chi connectivity index (χ3v) is 10.3. The first-order valence-corrected chi connectivity index (χ1v) is 11.4. The third-order valence-electron chi connectivity index (χ3n) is 5.31. The predicted molar refractivity (Wildman–Crippen MR) is 120 cm³/mol. The summed E-state index contributed by atoms with van der Waals surface area (Å²) in [5, 5.41) is 4.00. The fraction of sp³-hybridized carbons (Fsp3) is 0.0400. The van der Waals surface area contributed by atoms with Crippen LogP contribution in [0.5, 0.6) is 0 Å². The fourth-order valence-corrected chi connectivity index (χ4v) is 8.98. The van der Waals surface area contributed by atoms with Crippen molar-refractivity contribution in [2.45, 2.75) is 5.78 Å². The Balaban J connectivity index is 2.07. The maximum absolute atomic E-state index is 7.13. The van der Waals surface area contributed by atoms with Crippen LogP contribution < -0.4 is 21.6 Å². The van der Waals surface area contributed by atoms with Crippen molar-refractivity contribution in [3.63, 3.8) is 0 Å². The van der Waals surface area contributed by atoms with E-state index in [0.717, 1.165) is 0 Å². The minimum atomic E-state index is -2.49. The molecule has 0 fully saturated rings.